The highest BCUT2D eigenvalue weighted by Crippen LogP contribution is 2.54. The minimum atomic E-state index is -1.43. The lowest BCUT2D eigenvalue weighted by Crippen LogP contribution is -2.59. The standard InChI is InChI=1S/C22H32N2OSi/c1-25-18-9-7-17(8-10-18)19-5-4-6-21-20(19)11-12-22(21)26(2,3)24-15-13-23-14-16-24/h4-10,20-23H,11-16H2,1-3H3. The van der Waals surface area contributed by atoms with Crippen molar-refractivity contribution in [3.8, 4) is 5.75 Å². The molecule has 4 heteroatoms. The van der Waals surface area contributed by atoms with Crippen molar-refractivity contribution in [2.45, 2.75) is 31.5 Å². The Kier molecular flexibility index (Phi) is 5.08. The van der Waals surface area contributed by atoms with Crippen LogP contribution in [0.1, 0.15) is 18.4 Å². The number of nitrogens with one attached hydrogen (secondary N) is 1. The van der Waals surface area contributed by atoms with Crippen LogP contribution in [0.2, 0.25) is 18.6 Å². The number of ether oxygens (including phenoxy) is 1. The van der Waals surface area contributed by atoms with Crippen LogP contribution in [0, 0.1) is 11.8 Å². The zero-order valence-corrected chi connectivity index (χ0v) is 17.4. The Labute approximate surface area is 159 Å². The van der Waals surface area contributed by atoms with Crippen LogP contribution in [0.3, 0.4) is 0 Å². The van der Waals surface area contributed by atoms with E-state index in [4.69, 9.17) is 4.74 Å². The molecule has 1 aliphatic heterocycles. The molecule has 2 aliphatic carbocycles. The molecule has 3 atom stereocenters. The summed E-state index contributed by atoms with van der Waals surface area (Å²) >= 11 is 0. The van der Waals surface area contributed by atoms with Crippen molar-refractivity contribution >= 4 is 13.8 Å². The van der Waals surface area contributed by atoms with Gasteiger partial charge in [0.25, 0.3) is 0 Å². The summed E-state index contributed by atoms with van der Waals surface area (Å²) in [4.78, 5) is 0. The van der Waals surface area contributed by atoms with Gasteiger partial charge >= 0.3 is 0 Å². The second kappa shape index (κ2) is 7.33. The number of piperazine rings is 1. The van der Waals surface area contributed by atoms with Gasteiger partial charge in [-0.2, -0.15) is 0 Å². The summed E-state index contributed by atoms with van der Waals surface area (Å²) < 4.78 is 8.19. The first-order valence-electron chi connectivity index (χ1n) is 10.1. The summed E-state index contributed by atoms with van der Waals surface area (Å²) in [5, 5.41) is 3.52. The van der Waals surface area contributed by atoms with Crippen LogP contribution in [0.4, 0.5) is 0 Å². The number of allylic oxidation sites excluding steroid dienone is 4. The van der Waals surface area contributed by atoms with E-state index in [-0.39, 0.29) is 0 Å². The molecule has 0 amide bonds. The first kappa shape index (κ1) is 18.0. The molecule has 140 valence electrons. The molecule has 1 aromatic carbocycles. The van der Waals surface area contributed by atoms with E-state index in [1.807, 2.05) is 0 Å². The van der Waals surface area contributed by atoms with Gasteiger partial charge in [0.05, 0.1) is 7.11 Å². The summed E-state index contributed by atoms with van der Waals surface area (Å²) in [5.74, 6) is 2.34. The molecule has 3 nitrogen and oxygen atoms in total. The number of hydrogen-bond acceptors (Lipinski definition) is 3. The van der Waals surface area contributed by atoms with Crippen molar-refractivity contribution in [3.05, 3.63) is 48.1 Å². The largest absolute Gasteiger partial charge is 0.497 e. The van der Waals surface area contributed by atoms with E-state index in [1.165, 1.54) is 37.1 Å². The minimum absolute atomic E-state index is 0.688. The van der Waals surface area contributed by atoms with Gasteiger partial charge < -0.3 is 14.6 Å². The molecule has 1 aromatic rings. The lowest BCUT2D eigenvalue weighted by molar-refractivity contribution is 0.347. The zero-order chi connectivity index (χ0) is 18.1. The third kappa shape index (κ3) is 3.19. The zero-order valence-electron chi connectivity index (χ0n) is 16.4. The molecule has 1 heterocycles. The van der Waals surface area contributed by atoms with Gasteiger partial charge in [0.15, 0.2) is 0 Å². The van der Waals surface area contributed by atoms with Gasteiger partial charge in [0.2, 0.25) is 0 Å². The van der Waals surface area contributed by atoms with Crippen LogP contribution in [0.15, 0.2) is 42.5 Å². The van der Waals surface area contributed by atoms with Gasteiger partial charge in [0.1, 0.15) is 14.0 Å². The number of fused-ring (bicyclic) bond motifs is 1. The Hall–Kier alpha value is -1.36. The molecular formula is C22H32N2OSi. The maximum absolute atomic E-state index is 5.33. The topological polar surface area (TPSA) is 24.5 Å². The summed E-state index contributed by atoms with van der Waals surface area (Å²) in [6.45, 7) is 10.0. The van der Waals surface area contributed by atoms with Crippen LogP contribution in [-0.2, 0) is 0 Å². The molecule has 3 unspecified atom stereocenters. The molecule has 4 rings (SSSR count). The molecule has 0 spiro atoms. The van der Waals surface area contributed by atoms with E-state index in [0.29, 0.717) is 11.8 Å². The molecule has 0 bridgehead atoms. The van der Waals surface area contributed by atoms with E-state index in [1.54, 1.807) is 7.11 Å². The van der Waals surface area contributed by atoms with Crippen molar-refractivity contribution in [2.75, 3.05) is 33.3 Å². The highest BCUT2D eigenvalue weighted by Gasteiger charge is 2.48. The van der Waals surface area contributed by atoms with E-state index >= 15 is 0 Å². The fourth-order valence-electron chi connectivity index (χ4n) is 5.46. The van der Waals surface area contributed by atoms with Gasteiger partial charge in [-0.05, 0) is 47.1 Å². The maximum atomic E-state index is 5.33. The van der Waals surface area contributed by atoms with Crippen molar-refractivity contribution in [1.29, 1.82) is 0 Å². The Bertz CT molecular complexity index is 689. The van der Waals surface area contributed by atoms with Crippen molar-refractivity contribution in [1.82, 2.24) is 9.88 Å². The van der Waals surface area contributed by atoms with E-state index < -0.39 is 8.24 Å². The quantitative estimate of drug-likeness (QED) is 0.808. The number of nitrogens with zero attached hydrogens (tertiary/aromatic N) is 1. The second-order valence-electron chi connectivity index (χ2n) is 8.49. The minimum Gasteiger partial charge on any atom is -0.497 e. The Morgan fingerprint density at radius 2 is 1.81 bits per heavy atom. The molecule has 3 aliphatic rings. The number of hydrogen-bond donors (Lipinski definition) is 1. The van der Waals surface area contributed by atoms with Gasteiger partial charge in [0, 0.05) is 26.2 Å². The van der Waals surface area contributed by atoms with E-state index in [2.05, 4.69) is 65.5 Å². The summed E-state index contributed by atoms with van der Waals surface area (Å²) in [6.07, 6.45) is 9.91. The Morgan fingerprint density at radius 1 is 1.08 bits per heavy atom. The average Bonchev–Trinajstić information content (AvgIpc) is 3.14. The lowest BCUT2D eigenvalue weighted by atomic mass is 9.81. The molecule has 1 saturated carbocycles. The predicted molar refractivity (Wildman–Crippen MR) is 112 cm³/mol. The van der Waals surface area contributed by atoms with Gasteiger partial charge in [-0.25, -0.2) is 0 Å². The monoisotopic (exact) mass is 368 g/mol. The predicted octanol–water partition coefficient (Wildman–Crippen LogP) is 4.16. The van der Waals surface area contributed by atoms with Crippen LogP contribution in [0.25, 0.3) is 5.57 Å². The molecule has 26 heavy (non-hydrogen) atoms. The van der Waals surface area contributed by atoms with Crippen LogP contribution < -0.4 is 10.1 Å². The fraction of sp³-hybridized carbons (Fsp3) is 0.545. The average molecular weight is 369 g/mol. The molecule has 0 aromatic heterocycles. The smallest absolute Gasteiger partial charge is 0.126 e. The Balaban J connectivity index is 1.55. The summed E-state index contributed by atoms with van der Waals surface area (Å²) in [7, 11) is 0.306. The number of benzene rings is 1. The maximum Gasteiger partial charge on any atom is 0.126 e. The summed E-state index contributed by atoms with van der Waals surface area (Å²) in [5.41, 5.74) is 3.77. The first-order chi connectivity index (χ1) is 12.6. The van der Waals surface area contributed by atoms with Gasteiger partial charge in [-0.15, -0.1) is 0 Å². The van der Waals surface area contributed by atoms with Crippen molar-refractivity contribution in [2.24, 2.45) is 11.8 Å². The summed E-state index contributed by atoms with van der Waals surface area (Å²) in [6, 6.07) is 8.64. The molecule has 1 N–H and O–H groups in total. The third-order valence-corrected chi connectivity index (χ3v) is 11.6. The van der Waals surface area contributed by atoms with Gasteiger partial charge in [-0.1, -0.05) is 49.9 Å². The highest BCUT2D eigenvalue weighted by molar-refractivity contribution is 6.76. The molecule has 1 saturated heterocycles. The third-order valence-electron chi connectivity index (χ3n) is 6.99. The normalized spacial score (nSPS) is 29.3. The van der Waals surface area contributed by atoms with Gasteiger partial charge in [-0.3, -0.25) is 0 Å². The van der Waals surface area contributed by atoms with Crippen LogP contribution in [-0.4, -0.2) is 46.1 Å². The van der Waals surface area contributed by atoms with Crippen molar-refractivity contribution in [3.63, 3.8) is 0 Å². The van der Waals surface area contributed by atoms with Crippen LogP contribution >= 0.6 is 0 Å². The molecule has 0 radical (unpaired) electrons. The molecular weight excluding hydrogens is 336 g/mol. The lowest BCUT2D eigenvalue weighted by Gasteiger charge is -2.45. The Morgan fingerprint density at radius 3 is 2.50 bits per heavy atom. The van der Waals surface area contributed by atoms with E-state index in [0.717, 1.165) is 24.4 Å². The van der Waals surface area contributed by atoms with Crippen LogP contribution in [0.5, 0.6) is 5.75 Å². The van der Waals surface area contributed by atoms with Crippen molar-refractivity contribution < 1.29 is 4.74 Å². The van der Waals surface area contributed by atoms with E-state index in [9.17, 15) is 0 Å². The number of rotatable bonds is 4. The number of methoxy groups -OCH3 is 1. The highest BCUT2D eigenvalue weighted by atomic mass is 28.3. The fourth-order valence-corrected chi connectivity index (χ4v) is 9.46. The second-order valence-corrected chi connectivity index (χ2v) is 13.2. The molecule has 2 fully saturated rings. The SMILES string of the molecule is COc1ccc(C2=CC=CC3C2CCC3[Si](C)(C)N2CCNCC2)cc1. The first-order valence-corrected chi connectivity index (χ1v) is 13.1.